The van der Waals surface area contributed by atoms with Gasteiger partial charge in [0.05, 0.1) is 12.0 Å². The molecule has 0 saturated carbocycles. The predicted molar refractivity (Wildman–Crippen MR) is 125 cm³/mol. The zero-order chi connectivity index (χ0) is 21.9. The molecule has 2 bridgehead atoms. The number of fused-ring (bicyclic) bond motifs is 6. The number of benzene rings is 2. The van der Waals surface area contributed by atoms with Crippen LogP contribution in [0.3, 0.4) is 0 Å². The minimum atomic E-state index is -1.30. The van der Waals surface area contributed by atoms with Crippen molar-refractivity contribution in [2.45, 2.75) is 27.7 Å². The van der Waals surface area contributed by atoms with Gasteiger partial charge in [-0.25, -0.2) is 0 Å². The summed E-state index contributed by atoms with van der Waals surface area (Å²) in [5.74, 6) is -0.333. The van der Waals surface area contributed by atoms with Crippen LogP contribution in [0, 0.1) is 0 Å². The number of likely N-dealkylation sites (N-methyl/N-ethyl adjacent to an activating group) is 1. The Morgan fingerprint density at radius 1 is 1.06 bits per heavy atom. The minimum Gasteiger partial charge on any atom is -0.392 e. The highest BCUT2D eigenvalue weighted by atomic mass is 33.1. The number of anilines is 1. The van der Waals surface area contributed by atoms with E-state index in [1.165, 1.54) is 26.5 Å². The molecule has 1 spiro atoms. The molecule has 7 nitrogen and oxygen atoms in total. The number of amides is 2. The summed E-state index contributed by atoms with van der Waals surface area (Å²) in [7, 11) is 4.37. The van der Waals surface area contributed by atoms with Gasteiger partial charge in [0.15, 0.2) is 4.87 Å². The summed E-state index contributed by atoms with van der Waals surface area (Å²) in [6, 6.07) is 16.3. The van der Waals surface area contributed by atoms with Gasteiger partial charge in [-0.2, -0.15) is 0 Å². The topological polar surface area (TPSA) is 88.7 Å². The number of hydrogen-bond acceptors (Lipinski definition) is 6. The van der Waals surface area contributed by atoms with E-state index >= 15 is 0 Å². The summed E-state index contributed by atoms with van der Waals surface area (Å²) >= 11 is 0. The first kappa shape index (κ1) is 18.9. The molecule has 0 radical (unpaired) electrons. The smallest absolute Gasteiger partial charge is 0.265 e. The molecular formula is C23H20N4O3S2. The van der Waals surface area contributed by atoms with Crippen LogP contribution in [0.5, 0.6) is 0 Å². The number of aromatic nitrogens is 1. The second-order valence-corrected chi connectivity index (χ2v) is 11.6. The number of H-pyrrole nitrogens is 1. The quantitative estimate of drug-likeness (QED) is 0.506. The predicted octanol–water partition coefficient (Wildman–Crippen LogP) is 2.69. The van der Waals surface area contributed by atoms with E-state index in [1.54, 1.807) is 11.9 Å². The van der Waals surface area contributed by atoms with Crippen molar-refractivity contribution in [1.29, 1.82) is 0 Å². The molecule has 5 aliphatic heterocycles. The van der Waals surface area contributed by atoms with Gasteiger partial charge in [-0.1, -0.05) is 47.2 Å². The van der Waals surface area contributed by atoms with Crippen molar-refractivity contribution in [3.05, 3.63) is 65.9 Å². The van der Waals surface area contributed by atoms with E-state index < -0.39 is 27.9 Å². The normalized spacial score (nSPS) is 34.6. The number of nitrogens with zero attached hydrogens (tertiary/aromatic N) is 2. The Kier molecular flexibility index (Phi) is 3.45. The molecule has 8 rings (SSSR count). The van der Waals surface area contributed by atoms with Crippen molar-refractivity contribution >= 4 is 50.0 Å². The van der Waals surface area contributed by atoms with Gasteiger partial charge in [0, 0.05) is 36.3 Å². The summed E-state index contributed by atoms with van der Waals surface area (Å²) in [6.07, 6.45) is 2.06. The van der Waals surface area contributed by atoms with Crippen LogP contribution in [0.4, 0.5) is 5.69 Å². The fourth-order valence-corrected chi connectivity index (χ4v) is 9.77. The molecule has 3 aromatic rings. The lowest BCUT2D eigenvalue weighted by molar-refractivity contribution is -0.166. The third kappa shape index (κ3) is 1.82. The van der Waals surface area contributed by atoms with E-state index in [9.17, 15) is 14.7 Å². The summed E-state index contributed by atoms with van der Waals surface area (Å²) in [6.45, 7) is -0.419. The van der Waals surface area contributed by atoms with Gasteiger partial charge in [-0.15, -0.1) is 0 Å². The molecular weight excluding hydrogens is 444 g/mol. The number of aliphatic hydroxyl groups excluding tert-OH is 1. The molecule has 1 aromatic heterocycles. The summed E-state index contributed by atoms with van der Waals surface area (Å²) in [4.78, 5) is 32.0. The average Bonchev–Trinajstić information content (AvgIpc) is 3.46. The van der Waals surface area contributed by atoms with Crippen LogP contribution in [0.15, 0.2) is 54.7 Å². The highest BCUT2D eigenvalue weighted by Crippen LogP contribution is 2.70. The molecule has 2 aromatic carbocycles. The molecule has 4 atom stereocenters. The maximum atomic E-state index is 13.9. The van der Waals surface area contributed by atoms with E-state index in [1.807, 2.05) is 42.6 Å². The highest BCUT2D eigenvalue weighted by Gasteiger charge is 2.78. The van der Waals surface area contributed by atoms with Gasteiger partial charge < -0.3 is 20.3 Å². The van der Waals surface area contributed by atoms with Gasteiger partial charge >= 0.3 is 0 Å². The lowest BCUT2D eigenvalue weighted by Gasteiger charge is -2.57. The lowest BCUT2D eigenvalue weighted by atomic mass is 9.72. The van der Waals surface area contributed by atoms with Crippen LogP contribution in [0.1, 0.15) is 17.5 Å². The molecule has 9 heteroatoms. The standard InChI is InChI=1S/C23H20N4O3S2/c1-26-19(29)22-11-21(15-10-24-16-8-4-2-6-13(15)16)14-7-3-5-9-17(14)25-18(21)27(22)20(30)23(26,12-28)32-31-22/h2-10,18,24-25,28H,11-12H2,1H3/t18-,21-,22+,23+/m1/s1. The molecule has 4 fully saturated rings. The van der Waals surface area contributed by atoms with E-state index in [2.05, 4.69) is 22.4 Å². The van der Waals surface area contributed by atoms with Crippen LogP contribution in [0.25, 0.3) is 10.9 Å². The number of piperazine rings is 1. The molecule has 3 N–H and O–H groups in total. The van der Waals surface area contributed by atoms with Gasteiger partial charge in [0.2, 0.25) is 4.87 Å². The van der Waals surface area contributed by atoms with Gasteiger partial charge in [0.25, 0.3) is 11.8 Å². The van der Waals surface area contributed by atoms with Crippen molar-refractivity contribution in [1.82, 2.24) is 14.8 Å². The van der Waals surface area contributed by atoms with Crippen molar-refractivity contribution in [3.63, 3.8) is 0 Å². The molecule has 162 valence electrons. The number of aromatic amines is 1. The van der Waals surface area contributed by atoms with E-state index in [4.69, 9.17) is 0 Å². The number of aliphatic hydroxyl groups is 1. The Hall–Kier alpha value is -2.62. The molecule has 5 aliphatic rings. The van der Waals surface area contributed by atoms with Crippen molar-refractivity contribution < 1.29 is 14.7 Å². The minimum absolute atomic E-state index is 0.122. The van der Waals surface area contributed by atoms with Crippen LogP contribution in [-0.2, 0) is 15.0 Å². The van der Waals surface area contributed by atoms with Crippen LogP contribution >= 0.6 is 21.6 Å². The van der Waals surface area contributed by atoms with Crippen LogP contribution in [0.2, 0.25) is 0 Å². The Labute approximate surface area is 191 Å². The van der Waals surface area contributed by atoms with Crippen LogP contribution < -0.4 is 5.32 Å². The maximum Gasteiger partial charge on any atom is 0.265 e. The number of carbonyl (C=O) groups excluding carboxylic acids is 2. The molecule has 6 heterocycles. The fraction of sp³-hybridized carbons (Fsp3) is 0.304. The molecule has 32 heavy (non-hydrogen) atoms. The second kappa shape index (κ2) is 5.84. The average molecular weight is 465 g/mol. The van der Waals surface area contributed by atoms with Crippen LogP contribution in [-0.4, -0.2) is 61.3 Å². The van der Waals surface area contributed by atoms with Gasteiger partial charge in [0.1, 0.15) is 6.17 Å². The fourth-order valence-electron chi connectivity index (χ4n) is 6.14. The zero-order valence-electron chi connectivity index (χ0n) is 17.2. The number of nitrogens with one attached hydrogen (secondary N) is 2. The Bertz CT molecular complexity index is 1340. The van der Waals surface area contributed by atoms with Crippen molar-refractivity contribution in [2.75, 3.05) is 19.0 Å². The van der Waals surface area contributed by atoms with Gasteiger partial charge in [-0.3, -0.25) is 14.5 Å². The maximum absolute atomic E-state index is 13.9. The summed E-state index contributed by atoms with van der Waals surface area (Å²) < 4.78 is 0. The Balaban J connectivity index is 1.54. The first-order chi connectivity index (χ1) is 15.5. The molecule has 2 amide bonds. The number of hydrogen-bond donors (Lipinski definition) is 3. The second-order valence-electron chi connectivity index (χ2n) is 8.92. The van der Waals surface area contributed by atoms with Crippen molar-refractivity contribution in [3.8, 4) is 0 Å². The molecule has 0 unspecified atom stereocenters. The third-order valence-corrected chi connectivity index (χ3v) is 11.3. The monoisotopic (exact) mass is 464 g/mol. The summed E-state index contributed by atoms with van der Waals surface area (Å²) in [5, 5.41) is 14.9. The largest absolute Gasteiger partial charge is 0.392 e. The number of rotatable bonds is 2. The van der Waals surface area contributed by atoms with E-state index in [-0.39, 0.29) is 11.8 Å². The lowest BCUT2D eigenvalue weighted by Crippen LogP contribution is -2.77. The molecule has 0 aliphatic carbocycles. The Morgan fingerprint density at radius 2 is 1.84 bits per heavy atom. The number of carbonyl (C=O) groups is 2. The number of para-hydroxylation sites is 2. The SMILES string of the molecule is CN1C(=O)[C@@]23C[C@]4(c5c[nH]c6ccccc56)c5ccccc5N[C@@H]4N2C(=O)[C@]1(CO)SS3. The highest BCUT2D eigenvalue weighted by molar-refractivity contribution is 8.78. The zero-order valence-corrected chi connectivity index (χ0v) is 18.8. The van der Waals surface area contributed by atoms with E-state index in [0.717, 1.165) is 27.7 Å². The van der Waals surface area contributed by atoms with Crippen molar-refractivity contribution in [2.24, 2.45) is 0 Å². The van der Waals surface area contributed by atoms with E-state index in [0.29, 0.717) is 6.42 Å². The van der Waals surface area contributed by atoms with Gasteiger partial charge in [-0.05, 0) is 34.1 Å². The third-order valence-electron chi connectivity index (χ3n) is 7.67. The Morgan fingerprint density at radius 3 is 2.69 bits per heavy atom. The summed E-state index contributed by atoms with van der Waals surface area (Å²) in [5.41, 5.74) is 3.56. The first-order valence-electron chi connectivity index (χ1n) is 10.5. The first-order valence-corrected chi connectivity index (χ1v) is 12.7. The molecule has 4 saturated heterocycles.